The van der Waals surface area contributed by atoms with Crippen molar-refractivity contribution in [2.45, 2.75) is 18.9 Å². The van der Waals surface area contributed by atoms with Gasteiger partial charge in [-0.15, -0.1) is 0 Å². The van der Waals surface area contributed by atoms with E-state index in [1.54, 1.807) is 6.07 Å². The Hall–Kier alpha value is -2.99. The van der Waals surface area contributed by atoms with E-state index in [9.17, 15) is 4.79 Å². The van der Waals surface area contributed by atoms with Gasteiger partial charge in [0.25, 0.3) is 5.91 Å². The van der Waals surface area contributed by atoms with E-state index in [4.69, 9.17) is 4.74 Å². The van der Waals surface area contributed by atoms with Gasteiger partial charge in [0.2, 0.25) is 0 Å². The lowest BCUT2D eigenvalue weighted by atomic mass is 10.1. The van der Waals surface area contributed by atoms with Crippen LogP contribution in [0.5, 0.6) is 0 Å². The number of ether oxygens (including phenoxy) is 1. The van der Waals surface area contributed by atoms with Gasteiger partial charge in [0, 0.05) is 29.8 Å². The zero-order chi connectivity index (χ0) is 17.8. The lowest BCUT2D eigenvalue weighted by Gasteiger charge is -2.12. The molecule has 1 unspecified atom stereocenters. The van der Waals surface area contributed by atoms with Crippen LogP contribution in [0.1, 0.15) is 23.2 Å². The Labute approximate surface area is 151 Å². The van der Waals surface area contributed by atoms with Crippen LogP contribution in [0, 0.1) is 0 Å². The fourth-order valence-electron chi connectivity index (χ4n) is 3.09. The molecule has 132 valence electrons. The van der Waals surface area contributed by atoms with Gasteiger partial charge in [-0.25, -0.2) is 9.97 Å². The summed E-state index contributed by atoms with van der Waals surface area (Å²) in [6, 6.07) is 15.2. The number of anilines is 2. The molecule has 1 amide bonds. The Morgan fingerprint density at radius 2 is 2.08 bits per heavy atom. The van der Waals surface area contributed by atoms with Crippen LogP contribution in [0.4, 0.5) is 11.5 Å². The molecule has 2 heterocycles. The Morgan fingerprint density at radius 3 is 2.96 bits per heavy atom. The van der Waals surface area contributed by atoms with Crippen molar-refractivity contribution in [2.75, 3.05) is 18.5 Å². The van der Waals surface area contributed by atoms with Crippen LogP contribution in [0.2, 0.25) is 0 Å². The number of carbonyl (C=O) groups excluding carboxylic acids is 1. The Morgan fingerprint density at radius 1 is 1.15 bits per heavy atom. The van der Waals surface area contributed by atoms with Gasteiger partial charge in [0.1, 0.15) is 12.1 Å². The van der Waals surface area contributed by atoms with E-state index in [0.29, 0.717) is 17.9 Å². The van der Waals surface area contributed by atoms with E-state index >= 15 is 0 Å². The van der Waals surface area contributed by atoms with E-state index < -0.39 is 0 Å². The third kappa shape index (κ3) is 3.65. The topological polar surface area (TPSA) is 76.1 Å². The SMILES string of the molecule is O=C(NCC1CCCO1)c1cccc(Nc2ncnc3ccccc23)c1. The summed E-state index contributed by atoms with van der Waals surface area (Å²) in [5.41, 5.74) is 2.28. The second-order valence-electron chi connectivity index (χ2n) is 6.29. The van der Waals surface area contributed by atoms with Gasteiger partial charge in [-0.05, 0) is 43.2 Å². The van der Waals surface area contributed by atoms with Crippen molar-refractivity contribution in [3.8, 4) is 0 Å². The van der Waals surface area contributed by atoms with Crippen LogP contribution < -0.4 is 10.6 Å². The summed E-state index contributed by atoms with van der Waals surface area (Å²) in [6.45, 7) is 1.33. The van der Waals surface area contributed by atoms with E-state index in [1.807, 2.05) is 42.5 Å². The molecule has 6 nitrogen and oxygen atoms in total. The first-order chi connectivity index (χ1) is 12.8. The predicted molar refractivity (Wildman–Crippen MR) is 101 cm³/mol. The summed E-state index contributed by atoms with van der Waals surface area (Å²) < 4.78 is 5.54. The van der Waals surface area contributed by atoms with Gasteiger partial charge in [0.15, 0.2) is 0 Å². The lowest BCUT2D eigenvalue weighted by molar-refractivity contribution is 0.0858. The Kier molecular flexibility index (Phi) is 4.75. The first kappa shape index (κ1) is 16.5. The van der Waals surface area contributed by atoms with Crippen molar-refractivity contribution < 1.29 is 9.53 Å². The number of rotatable bonds is 5. The van der Waals surface area contributed by atoms with Crippen LogP contribution in [0.15, 0.2) is 54.9 Å². The highest BCUT2D eigenvalue weighted by Gasteiger charge is 2.16. The highest BCUT2D eigenvalue weighted by Crippen LogP contribution is 2.23. The molecule has 0 radical (unpaired) electrons. The van der Waals surface area contributed by atoms with Crippen LogP contribution in [0.3, 0.4) is 0 Å². The molecule has 6 heteroatoms. The molecule has 0 bridgehead atoms. The van der Waals surface area contributed by atoms with E-state index in [1.165, 1.54) is 6.33 Å². The molecule has 0 aliphatic carbocycles. The molecule has 0 saturated carbocycles. The number of nitrogens with one attached hydrogen (secondary N) is 2. The van der Waals surface area contributed by atoms with Crippen molar-refractivity contribution in [3.63, 3.8) is 0 Å². The number of amides is 1. The standard InChI is InChI=1S/C20H20N4O2/c25-20(21-12-16-7-4-10-26-16)14-5-3-6-15(11-14)24-19-17-8-1-2-9-18(17)22-13-23-19/h1-3,5-6,8-9,11,13,16H,4,7,10,12H2,(H,21,25)(H,22,23,24). The van der Waals surface area contributed by atoms with Gasteiger partial charge in [0.05, 0.1) is 11.6 Å². The number of carbonyl (C=O) groups is 1. The summed E-state index contributed by atoms with van der Waals surface area (Å²) in [5.74, 6) is 0.615. The monoisotopic (exact) mass is 348 g/mol. The summed E-state index contributed by atoms with van der Waals surface area (Å²) in [6.07, 6.45) is 3.73. The van der Waals surface area contributed by atoms with Crippen LogP contribution in [0.25, 0.3) is 10.9 Å². The molecule has 4 rings (SSSR count). The largest absolute Gasteiger partial charge is 0.376 e. The Bertz CT molecular complexity index is 917. The molecule has 3 aromatic rings. The van der Waals surface area contributed by atoms with Gasteiger partial charge in [-0.2, -0.15) is 0 Å². The lowest BCUT2D eigenvalue weighted by Crippen LogP contribution is -2.31. The molecule has 2 N–H and O–H groups in total. The molecule has 1 aliphatic heterocycles. The number of fused-ring (bicyclic) bond motifs is 1. The highest BCUT2D eigenvalue weighted by molar-refractivity contribution is 5.96. The first-order valence-electron chi connectivity index (χ1n) is 8.76. The van der Waals surface area contributed by atoms with E-state index in [2.05, 4.69) is 20.6 Å². The molecule has 0 spiro atoms. The van der Waals surface area contributed by atoms with Crippen LogP contribution in [-0.4, -0.2) is 35.1 Å². The zero-order valence-corrected chi connectivity index (χ0v) is 14.3. The van der Waals surface area contributed by atoms with Gasteiger partial charge in [-0.1, -0.05) is 18.2 Å². The van der Waals surface area contributed by atoms with Gasteiger partial charge in [-0.3, -0.25) is 4.79 Å². The van der Waals surface area contributed by atoms with Crippen LogP contribution in [-0.2, 0) is 4.74 Å². The van der Waals surface area contributed by atoms with E-state index in [0.717, 1.165) is 36.0 Å². The predicted octanol–water partition coefficient (Wildman–Crippen LogP) is 3.28. The number of aromatic nitrogens is 2. The maximum atomic E-state index is 12.4. The normalized spacial score (nSPS) is 16.5. The van der Waals surface area contributed by atoms with Gasteiger partial charge < -0.3 is 15.4 Å². The fraction of sp³-hybridized carbons (Fsp3) is 0.250. The van der Waals surface area contributed by atoms with Crippen molar-refractivity contribution in [1.29, 1.82) is 0 Å². The summed E-state index contributed by atoms with van der Waals surface area (Å²) in [7, 11) is 0. The van der Waals surface area contributed by atoms with Crippen molar-refractivity contribution >= 4 is 28.3 Å². The van der Waals surface area contributed by atoms with Crippen molar-refractivity contribution in [3.05, 3.63) is 60.4 Å². The minimum Gasteiger partial charge on any atom is -0.376 e. The average molecular weight is 348 g/mol. The van der Waals surface area contributed by atoms with Crippen molar-refractivity contribution in [2.24, 2.45) is 0 Å². The number of benzene rings is 2. The summed E-state index contributed by atoms with van der Waals surface area (Å²) in [4.78, 5) is 21.0. The molecule has 1 aromatic heterocycles. The second kappa shape index (κ2) is 7.49. The molecule has 1 atom stereocenters. The molecule has 1 saturated heterocycles. The smallest absolute Gasteiger partial charge is 0.251 e. The minimum atomic E-state index is -0.100. The molecule has 26 heavy (non-hydrogen) atoms. The third-order valence-corrected chi connectivity index (χ3v) is 4.44. The minimum absolute atomic E-state index is 0.100. The first-order valence-corrected chi connectivity index (χ1v) is 8.76. The summed E-state index contributed by atoms with van der Waals surface area (Å²) in [5, 5.41) is 7.16. The third-order valence-electron chi connectivity index (χ3n) is 4.44. The maximum Gasteiger partial charge on any atom is 0.251 e. The molecule has 2 aromatic carbocycles. The van der Waals surface area contributed by atoms with Gasteiger partial charge >= 0.3 is 0 Å². The molecule has 1 fully saturated rings. The maximum absolute atomic E-state index is 12.4. The fourth-order valence-corrected chi connectivity index (χ4v) is 3.09. The average Bonchev–Trinajstić information content (AvgIpc) is 3.20. The molecular formula is C20H20N4O2. The second-order valence-corrected chi connectivity index (χ2v) is 6.29. The highest BCUT2D eigenvalue weighted by atomic mass is 16.5. The van der Waals surface area contributed by atoms with Crippen LogP contribution >= 0.6 is 0 Å². The number of hydrogen-bond acceptors (Lipinski definition) is 5. The number of hydrogen-bond donors (Lipinski definition) is 2. The van der Waals surface area contributed by atoms with Crippen molar-refractivity contribution in [1.82, 2.24) is 15.3 Å². The number of nitrogens with zero attached hydrogens (tertiary/aromatic N) is 2. The number of para-hydroxylation sites is 1. The van der Waals surface area contributed by atoms with E-state index in [-0.39, 0.29) is 12.0 Å². The molecule has 1 aliphatic rings. The zero-order valence-electron chi connectivity index (χ0n) is 14.3. The molecular weight excluding hydrogens is 328 g/mol. The Balaban J connectivity index is 1.49. The summed E-state index contributed by atoms with van der Waals surface area (Å²) >= 11 is 0. The quantitative estimate of drug-likeness (QED) is 0.740.